The maximum absolute atomic E-state index is 9.50. The van der Waals surface area contributed by atoms with E-state index in [1.807, 2.05) is 0 Å². The Morgan fingerprint density at radius 1 is 0.882 bits per heavy atom. The van der Waals surface area contributed by atoms with Crippen LogP contribution in [0.15, 0.2) is 0 Å². The molecule has 0 radical (unpaired) electrons. The van der Waals surface area contributed by atoms with Crippen molar-refractivity contribution >= 4 is 6.47 Å². The van der Waals surface area contributed by atoms with Gasteiger partial charge in [0.25, 0.3) is 0 Å². The van der Waals surface area contributed by atoms with Crippen LogP contribution in [-0.2, 0) is 14.6 Å². The van der Waals surface area contributed by atoms with Crippen LogP contribution in [0.5, 0.6) is 0 Å². The van der Waals surface area contributed by atoms with E-state index in [2.05, 4.69) is 23.6 Å². The number of unbranched alkanes of at least 4 members (excludes halogenated alkanes) is 6. The van der Waals surface area contributed by atoms with Gasteiger partial charge in [0.15, 0.2) is 0 Å². The summed E-state index contributed by atoms with van der Waals surface area (Å²) in [6, 6.07) is 0. The molecule has 0 aliphatic carbocycles. The Morgan fingerprint density at radius 2 is 1.29 bits per heavy atom. The van der Waals surface area contributed by atoms with Crippen LogP contribution in [0, 0.1) is 0 Å². The zero-order valence-corrected chi connectivity index (χ0v) is 12.3. The first-order chi connectivity index (χ1) is 7.97. The van der Waals surface area contributed by atoms with Crippen molar-refractivity contribution in [3.8, 4) is 0 Å². The lowest BCUT2D eigenvalue weighted by Crippen LogP contribution is -2.18. The molecule has 0 aliphatic rings. The van der Waals surface area contributed by atoms with Gasteiger partial charge >= 0.3 is 6.47 Å². The molecule has 0 heterocycles. The molecule has 17 heavy (non-hydrogen) atoms. The van der Waals surface area contributed by atoms with E-state index >= 15 is 0 Å². The fourth-order valence-corrected chi connectivity index (χ4v) is 1.19. The van der Waals surface area contributed by atoms with Crippen molar-refractivity contribution in [1.82, 2.24) is 0 Å². The van der Waals surface area contributed by atoms with Crippen LogP contribution in [0.3, 0.4) is 0 Å². The topological polar surface area (TPSA) is 35.5 Å². The van der Waals surface area contributed by atoms with E-state index in [0.717, 1.165) is 0 Å². The van der Waals surface area contributed by atoms with Crippen LogP contribution in [-0.4, -0.2) is 12.1 Å². The molecule has 0 aliphatic heterocycles. The molecule has 104 valence electrons. The van der Waals surface area contributed by atoms with Crippen molar-refractivity contribution in [3.63, 3.8) is 0 Å². The van der Waals surface area contributed by atoms with Crippen molar-refractivity contribution < 1.29 is 14.6 Å². The van der Waals surface area contributed by atoms with Gasteiger partial charge in [-0.2, -0.15) is 4.89 Å². The first-order valence-electron chi connectivity index (χ1n) is 6.76. The fourth-order valence-electron chi connectivity index (χ4n) is 1.19. The summed E-state index contributed by atoms with van der Waals surface area (Å²) in [6.45, 7) is 10.1. The summed E-state index contributed by atoms with van der Waals surface area (Å²) in [5, 5.41) is 0. The van der Waals surface area contributed by atoms with Crippen LogP contribution >= 0.6 is 0 Å². The van der Waals surface area contributed by atoms with Gasteiger partial charge in [0, 0.05) is 0 Å². The van der Waals surface area contributed by atoms with Gasteiger partial charge in [-0.05, 0) is 20.8 Å². The average Bonchev–Trinajstić information content (AvgIpc) is 2.26. The molecule has 0 atom stereocenters. The molecular weight excluding hydrogens is 216 g/mol. The van der Waals surface area contributed by atoms with Gasteiger partial charge in [-0.25, -0.2) is 0 Å². The zero-order chi connectivity index (χ0) is 13.6. The minimum absolute atomic E-state index is 0.255. The van der Waals surface area contributed by atoms with Gasteiger partial charge in [0.1, 0.15) is 5.60 Å². The van der Waals surface area contributed by atoms with Gasteiger partial charge in [0.2, 0.25) is 0 Å². The second-order valence-corrected chi connectivity index (χ2v) is 5.16. The number of hydrogen-bond donors (Lipinski definition) is 0. The summed E-state index contributed by atoms with van der Waals surface area (Å²) in [5.41, 5.74) is -0.402. The number of carbonyl (C=O) groups is 1. The van der Waals surface area contributed by atoms with Crippen LogP contribution in [0.4, 0.5) is 0 Å². The molecule has 0 fully saturated rings. The minimum Gasteiger partial charge on any atom is -0.301 e. The Hall–Kier alpha value is -0.570. The van der Waals surface area contributed by atoms with Crippen molar-refractivity contribution in [3.05, 3.63) is 0 Å². The standard InChI is InChI=1S/C9H20.C5H10O3/c1-3-5-7-9-8-6-4-2;1-5(2,3)8-7-4-6/h3-9H2,1-2H3;4H,1-3H3. The second-order valence-electron chi connectivity index (χ2n) is 5.16. The first-order valence-corrected chi connectivity index (χ1v) is 6.76. The third-order valence-electron chi connectivity index (χ3n) is 2.04. The minimum atomic E-state index is -0.402. The Labute approximate surface area is 107 Å². The van der Waals surface area contributed by atoms with E-state index < -0.39 is 5.60 Å². The van der Waals surface area contributed by atoms with Crippen molar-refractivity contribution in [2.24, 2.45) is 0 Å². The predicted molar refractivity (Wildman–Crippen MR) is 71.7 cm³/mol. The van der Waals surface area contributed by atoms with Gasteiger partial charge in [-0.3, -0.25) is 4.79 Å². The maximum Gasteiger partial charge on any atom is 0.330 e. The molecule has 0 bridgehead atoms. The van der Waals surface area contributed by atoms with Crippen LogP contribution in [0.2, 0.25) is 0 Å². The smallest absolute Gasteiger partial charge is 0.301 e. The predicted octanol–water partition coefficient (Wildman–Crippen LogP) is 4.65. The fraction of sp³-hybridized carbons (Fsp3) is 0.929. The van der Waals surface area contributed by atoms with Gasteiger partial charge in [-0.15, -0.1) is 0 Å². The summed E-state index contributed by atoms with van der Waals surface area (Å²) in [6.07, 6.45) is 9.97. The molecule has 0 aromatic carbocycles. The van der Waals surface area contributed by atoms with Gasteiger partial charge in [0.05, 0.1) is 0 Å². The van der Waals surface area contributed by atoms with E-state index in [1.165, 1.54) is 44.9 Å². The lowest BCUT2D eigenvalue weighted by atomic mass is 10.1. The van der Waals surface area contributed by atoms with E-state index in [4.69, 9.17) is 0 Å². The summed E-state index contributed by atoms with van der Waals surface area (Å²) in [7, 11) is 0. The Bertz CT molecular complexity index is 144. The number of hydrogen-bond acceptors (Lipinski definition) is 3. The number of carbonyl (C=O) groups excluding carboxylic acids is 1. The highest BCUT2D eigenvalue weighted by Gasteiger charge is 2.10. The Balaban J connectivity index is 0. The SMILES string of the molecule is CC(C)(C)OOC=O.CCCCCCCCC. The molecule has 0 N–H and O–H groups in total. The molecule has 0 unspecified atom stereocenters. The normalized spacial score (nSPS) is 10.4. The highest BCUT2D eigenvalue weighted by Crippen LogP contribution is 2.06. The first kappa shape index (κ1) is 18.8. The average molecular weight is 246 g/mol. The van der Waals surface area contributed by atoms with Crippen LogP contribution < -0.4 is 0 Å². The molecule has 0 saturated heterocycles. The zero-order valence-electron chi connectivity index (χ0n) is 12.3. The summed E-state index contributed by atoms with van der Waals surface area (Å²) >= 11 is 0. The van der Waals surface area contributed by atoms with E-state index in [-0.39, 0.29) is 6.47 Å². The molecule has 0 amide bonds. The molecule has 0 spiro atoms. The molecular formula is C14H30O3. The summed E-state index contributed by atoms with van der Waals surface area (Å²) in [4.78, 5) is 18.0. The van der Waals surface area contributed by atoms with Crippen molar-refractivity contribution in [2.45, 2.75) is 85.2 Å². The lowest BCUT2D eigenvalue weighted by Gasteiger charge is -2.13. The van der Waals surface area contributed by atoms with E-state index in [1.54, 1.807) is 20.8 Å². The Morgan fingerprint density at radius 3 is 1.53 bits per heavy atom. The molecule has 3 heteroatoms. The Kier molecular flexibility index (Phi) is 14.9. The summed E-state index contributed by atoms with van der Waals surface area (Å²) in [5.74, 6) is 0. The highest BCUT2D eigenvalue weighted by atomic mass is 17.2. The van der Waals surface area contributed by atoms with E-state index in [9.17, 15) is 4.79 Å². The molecule has 0 rings (SSSR count). The van der Waals surface area contributed by atoms with Crippen LogP contribution in [0.1, 0.15) is 79.6 Å². The van der Waals surface area contributed by atoms with Gasteiger partial charge < -0.3 is 4.89 Å². The molecule has 0 saturated carbocycles. The lowest BCUT2D eigenvalue weighted by molar-refractivity contribution is -0.310. The second kappa shape index (κ2) is 13.5. The maximum atomic E-state index is 9.50. The van der Waals surface area contributed by atoms with Crippen LogP contribution in [0.25, 0.3) is 0 Å². The third-order valence-corrected chi connectivity index (χ3v) is 2.04. The number of rotatable bonds is 8. The van der Waals surface area contributed by atoms with Gasteiger partial charge in [-0.1, -0.05) is 58.8 Å². The third kappa shape index (κ3) is 25.6. The highest BCUT2D eigenvalue weighted by molar-refractivity contribution is 5.35. The quantitative estimate of drug-likeness (QED) is 0.271. The van der Waals surface area contributed by atoms with E-state index in [0.29, 0.717) is 0 Å². The largest absolute Gasteiger partial charge is 0.330 e. The summed E-state index contributed by atoms with van der Waals surface area (Å²) < 4.78 is 0. The monoisotopic (exact) mass is 246 g/mol. The van der Waals surface area contributed by atoms with Crippen molar-refractivity contribution in [1.29, 1.82) is 0 Å². The molecule has 3 nitrogen and oxygen atoms in total. The molecule has 0 aromatic heterocycles. The molecule has 0 aromatic rings. The van der Waals surface area contributed by atoms with Crippen molar-refractivity contribution in [2.75, 3.05) is 0 Å².